The van der Waals surface area contributed by atoms with Crippen molar-refractivity contribution in [1.29, 1.82) is 0 Å². The maximum absolute atomic E-state index is 12.8. The Morgan fingerprint density at radius 1 is 1.08 bits per heavy atom. The van der Waals surface area contributed by atoms with Crippen LogP contribution in [0.5, 0.6) is 11.6 Å². The minimum absolute atomic E-state index is 0. The first-order chi connectivity index (χ1) is 16.8. The van der Waals surface area contributed by atoms with E-state index in [1.54, 1.807) is 6.07 Å². The second-order valence-corrected chi connectivity index (χ2v) is 8.50. The van der Waals surface area contributed by atoms with Crippen LogP contribution in [0.3, 0.4) is 0 Å². The molecule has 2 aliphatic rings. The van der Waals surface area contributed by atoms with Gasteiger partial charge in [-0.25, -0.2) is 4.99 Å². The molecular formula is C24H26Cl2F3N5O3. The molecule has 0 saturated carbocycles. The summed E-state index contributed by atoms with van der Waals surface area (Å²) in [6, 6.07) is 11.1. The Morgan fingerprint density at radius 3 is 2.54 bits per heavy atom. The molecule has 8 nitrogen and oxygen atoms in total. The summed E-state index contributed by atoms with van der Waals surface area (Å²) >= 11 is 0. The lowest BCUT2D eigenvalue weighted by molar-refractivity contribution is -0.274. The SMILES string of the molecule is CN1CCN(CCON=C2C(c3c(O)[nH]c4ccc(OC(F)(F)F)cc34)=Nc3ccccc32)CC1.Cl.Cl. The number of piperazine rings is 1. The van der Waals surface area contributed by atoms with E-state index in [0.717, 1.165) is 32.7 Å². The second-order valence-electron chi connectivity index (χ2n) is 8.50. The Bertz CT molecular complexity index is 1300. The third-order valence-corrected chi connectivity index (χ3v) is 6.09. The monoisotopic (exact) mass is 559 g/mol. The number of aromatic nitrogens is 1. The lowest BCUT2D eigenvalue weighted by Gasteiger charge is -2.31. The maximum Gasteiger partial charge on any atom is 0.573 e. The summed E-state index contributed by atoms with van der Waals surface area (Å²) in [5.41, 5.74) is 2.70. The Labute approximate surface area is 223 Å². The molecule has 0 unspecified atom stereocenters. The number of fused-ring (bicyclic) bond motifs is 2. The standard InChI is InChI=1S/C24H24F3N5O3.2ClH/c1-31-8-10-32(11-9-31)12-13-34-30-21-16-4-2-3-5-18(16)28-22(21)20-17-14-15(35-24(25,26)27)6-7-19(17)29-23(20)33;;/h2-7,14,29,33H,8-13H2,1H3;2*1H. The van der Waals surface area contributed by atoms with E-state index in [1.807, 2.05) is 18.2 Å². The molecule has 2 N–H and O–H groups in total. The van der Waals surface area contributed by atoms with Crippen molar-refractivity contribution in [2.24, 2.45) is 10.1 Å². The van der Waals surface area contributed by atoms with Crippen molar-refractivity contribution in [3.8, 4) is 11.6 Å². The number of aromatic amines is 1. The number of hydrogen-bond donors (Lipinski definition) is 2. The average molecular weight is 560 g/mol. The number of aliphatic imine (C=N–C) groups is 1. The zero-order valence-corrected chi connectivity index (χ0v) is 21.4. The number of halogens is 5. The van der Waals surface area contributed by atoms with E-state index in [4.69, 9.17) is 4.84 Å². The van der Waals surface area contributed by atoms with E-state index in [-0.39, 0.29) is 36.3 Å². The third-order valence-electron chi connectivity index (χ3n) is 6.09. The van der Waals surface area contributed by atoms with Gasteiger partial charge >= 0.3 is 6.36 Å². The van der Waals surface area contributed by atoms with Crippen molar-refractivity contribution in [3.63, 3.8) is 0 Å². The van der Waals surface area contributed by atoms with Crippen LogP contribution in [0.1, 0.15) is 11.1 Å². The molecule has 2 aromatic carbocycles. The van der Waals surface area contributed by atoms with Gasteiger partial charge in [0.15, 0.2) is 5.88 Å². The molecule has 3 aromatic rings. The lowest BCUT2D eigenvalue weighted by atomic mass is 10.0. The van der Waals surface area contributed by atoms with Gasteiger partial charge < -0.3 is 24.6 Å². The molecule has 1 aromatic heterocycles. The number of benzene rings is 2. The molecule has 0 bridgehead atoms. The van der Waals surface area contributed by atoms with Gasteiger partial charge in [-0.05, 0) is 31.3 Å². The van der Waals surface area contributed by atoms with E-state index >= 15 is 0 Å². The van der Waals surface area contributed by atoms with E-state index in [0.29, 0.717) is 40.2 Å². The van der Waals surface area contributed by atoms with Gasteiger partial charge in [-0.2, -0.15) is 0 Å². The van der Waals surface area contributed by atoms with Gasteiger partial charge in [0.05, 0.1) is 11.3 Å². The molecule has 0 radical (unpaired) electrons. The highest BCUT2D eigenvalue weighted by Crippen LogP contribution is 2.37. The van der Waals surface area contributed by atoms with E-state index in [1.165, 1.54) is 18.2 Å². The van der Waals surface area contributed by atoms with Crippen LogP contribution in [0.2, 0.25) is 0 Å². The number of rotatable bonds is 6. The fourth-order valence-corrected chi connectivity index (χ4v) is 4.28. The van der Waals surface area contributed by atoms with Gasteiger partial charge in [0.25, 0.3) is 0 Å². The van der Waals surface area contributed by atoms with Crippen molar-refractivity contribution < 1.29 is 27.9 Å². The van der Waals surface area contributed by atoms with E-state index < -0.39 is 12.1 Å². The van der Waals surface area contributed by atoms with Crippen molar-refractivity contribution in [3.05, 3.63) is 53.6 Å². The first-order valence-electron chi connectivity index (χ1n) is 11.2. The molecule has 37 heavy (non-hydrogen) atoms. The van der Waals surface area contributed by atoms with Crippen LogP contribution in [0.4, 0.5) is 18.9 Å². The Hall–Kier alpha value is -2.99. The first-order valence-corrected chi connectivity index (χ1v) is 11.2. The number of oxime groups is 1. The Kier molecular flexibility index (Phi) is 8.96. The van der Waals surface area contributed by atoms with Crippen LogP contribution in [0.15, 0.2) is 52.6 Å². The van der Waals surface area contributed by atoms with Crippen molar-refractivity contribution >= 4 is 52.8 Å². The van der Waals surface area contributed by atoms with Crippen LogP contribution in [0, 0.1) is 0 Å². The molecule has 200 valence electrons. The minimum Gasteiger partial charge on any atom is -0.494 e. The van der Waals surface area contributed by atoms with E-state index in [2.05, 4.69) is 36.7 Å². The maximum atomic E-state index is 12.8. The summed E-state index contributed by atoms with van der Waals surface area (Å²) in [4.78, 5) is 17.6. The Balaban J connectivity index is 0.00000190. The fraction of sp³-hybridized carbons (Fsp3) is 0.333. The predicted molar refractivity (Wildman–Crippen MR) is 140 cm³/mol. The molecule has 0 aliphatic carbocycles. The van der Waals surface area contributed by atoms with Gasteiger partial charge in [0.1, 0.15) is 23.8 Å². The van der Waals surface area contributed by atoms with Gasteiger partial charge in [-0.15, -0.1) is 38.0 Å². The molecule has 13 heteroatoms. The summed E-state index contributed by atoms with van der Waals surface area (Å²) < 4.78 is 42.4. The lowest BCUT2D eigenvalue weighted by Crippen LogP contribution is -2.45. The van der Waals surface area contributed by atoms with Gasteiger partial charge in [-0.1, -0.05) is 23.4 Å². The molecular weight excluding hydrogens is 534 g/mol. The first kappa shape index (κ1) is 28.6. The molecule has 3 heterocycles. The van der Waals surface area contributed by atoms with Gasteiger partial charge in [-0.3, -0.25) is 4.90 Å². The van der Waals surface area contributed by atoms with Gasteiger partial charge in [0.2, 0.25) is 0 Å². The fourth-order valence-electron chi connectivity index (χ4n) is 4.28. The summed E-state index contributed by atoms with van der Waals surface area (Å²) in [5, 5.41) is 15.3. The summed E-state index contributed by atoms with van der Waals surface area (Å²) in [5.74, 6) is -0.635. The zero-order valence-electron chi connectivity index (χ0n) is 19.8. The van der Waals surface area contributed by atoms with Crippen LogP contribution >= 0.6 is 24.8 Å². The summed E-state index contributed by atoms with van der Waals surface area (Å²) in [7, 11) is 2.09. The largest absolute Gasteiger partial charge is 0.573 e. The van der Waals surface area contributed by atoms with Crippen molar-refractivity contribution in [2.45, 2.75) is 6.36 Å². The smallest absolute Gasteiger partial charge is 0.494 e. The minimum atomic E-state index is -4.84. The highest BCUT2D eigenvalue weighted by atomic mass is 35.5. The molecule has 0 atom stereocenters. The quantitative estimate of drug-likeness (QED) is 0.337. The number of para-hydroxylation sites is 1. The molecule has 0 amide bonds. The molecule has 1 saturated heterocycles. The van der Waals surface area contributed by atoms with Crippen LogP contribution in [0.25, 0.3) is 10.9 Å². The molecule has 2 aliphatic heterocycles. The van der Waals surface area contributed by atoms with Gasteiger partial charge in [0, 0.05) is 49.2 Å². The Morgan fingerprint density at radius 2 is 1.81 bits per heavy atom. The molecule has 0 spiro atoms. The predicted octanol–water partition coefficient (Wildman–Crippen LogP) is 4.72. The second kappa shape index (κ2) is 11.6. The number of H-pyrrole nitrogens is 1. The van der Waals surface area contributed by atoms with Crippen molar-refractivity contribution in [2.75, 3.05) is 46.4 Å². The normalized spacial score (nSPS) is 17.2. The van der Waals surface area contributed by atoms with Crippen molar-refractivity contribution in [1.82, 2.24) is 14.8 Å². The van der Waals surface area contributed by atoms with Crippen LogP contribution in [-0.4, -0.2) is 84.1 Å². The number of alkyl halides is 3. The summed E-state index contributed by atoms with van der Waals surface area (Å²) in [6.45, 7) is 4.99. The highest BCUT2D eigenvalue weighted by molar-refractivity contribution is 6.58. The molecule has 5 rings (SSSR count). The molecule has 1 fully saturated rings. The van der Waals surface area contributed by atoms with Crippen LogP contribution in [-0.2, 0) is 4.84 Å². The number of ether oxygens (including phenoxy) is 1. The number of aromatic hydroxyl groups is 1. The average Bonchev–Trinajstić information content (AvgIpc) is 3.32. The highest BCUT2D eigenvalue weighted by Gasteiger charge is 2.33. The number of nitrogens with one attached hydrogen (secondary N) is 1. The third kappa shape index (κ3) is 6.30. The topological polar surface area (TPSA) is 85.7 Å². The summed E-state index contributed by atoms with van der Waals surface area (Å²) in [6.07, 6.45) is -4.84. The van der Waals surface area contributed by atoms with E-state index in [9.17, 15) is 18.3 Å². The number of nitrogens with zero attached hydrogens (tertiary/aromatic N) is 4. The number of likely N-dealkylation sites (N-methyl/N-ethyl adjacent to an activating group) is 1. The van der Waals surface area contributed by atoms with Crippen LogP contribution < -0.4 is 4.74 Å². The number of hydrogen-bond acceptors (Lipinski definition) is 7. The zero-order chi connectivity index (χ0) is 24.6.